The van der Waals surface area contributed by atoms with Gasteiger partial charge in [-0.1, -0.05) is 24.3 Å². The Labute approximate surface area is 158 Å². The molecule has 0 saturated heterocycles. The van der Waals surface area contributed by atoms with Crippen molar-refractivity contribution in [1.29, 1.82) is 0 Å². The molecule has 0 fully saturated rings. The zero-order valence-electron chi connectivity index (χ0n) is 15.1. The Morgan fingerprint density at radius 3 is 2.78 bits per heavy atom. The van der Waals surface area contributed by atoms with Crippen LogP contribution in [0.2, 0.25) is 0 Å². The molecule has 1 aromatic heterocycles. The number of rotatable bonds is 9. The van der Waals surface area contributed by atoms with Crippen molar-refractivity contribution in [3.05, 3.63) is 64.6 Å². The maximum absolute atomic E-state index is 12.2. The Kier molecular flexibility index (Phi) is 5.98. The minimum Gasteiger partial charge on any atom is -0.497 e. The Bertz CT molecular complexity index is 1070. The van der Waals surface area contributed by atoms with Gasteiger partial charge in [-0.2, -0.15) is 0 Å². The van der Waals surface area contributed by atoms with Gasteiger partial charge in [-0.15, -0.1) is 0 Å². The lowest BCUT2D eigenvalue weighted by Crippen LogP contribution is -2.29. The topological polar surface area (TPSA) is 93.2 Å². The number of aromatic amines is 1. The number of imidazole rings is 1. The number of aromatic nitrogens is 2. The fourth-order valence-electron chi connectivity index (χ4n) is 2.95. The summed E-state index contributed by atoms with van der Waals surface area (Å²) in [7, 11) is -1.80. The average Bonchev–Trinajstić information content (AvgIpc) is 2.99. The molecule has 0 aliphatic heterocycles. The number of nitrogens with one attached hydrogen (secondary N) is 2. The number of methoxy groups -OCH3 is 1. The number of benzene rings is 2. The minimum atomic E-state index is -3.38. The van der Waals surface area contributed by atoms with Gasteiger partial charge in [0.25, 0.3) is 0 Å². The Hall–Kier alpha value is -2.58. The van der Waals surface area contributed by atoms with E-state index in [2.05, 4.69) is 9.71 Å². The summed E-state index contributed by atoms with van der Waals surface area (Å²) in [6.45, 7) is 0.730. The predicted octanol–water partition coefficient (Wildman–Crippen LogP) is 1.89. The molecular weight excluding hydrogens is 366 g/mol. The van der Waals surface area contributed by atoms with Crippen molar-refractivity contribution in [1.82, 2.24) is 14.3 Å². The largest absolute Gasteiger partial charge is 0.497 e. The molecule has 144 valence electrons. The quantitative estimate of drug-likeness (QED) is 0.547. The van der Waals surface area contributed by atoms with Gasteiger partial charge >= 0.3 is 5.69 Å². The summed E-state index contributed by atoms with van der Waals surface area (Å²) in [5, 5.41) is 0. The highest BCUT2D eigenvalue weighted by molar-refractivity contribution is 7.89. The zero-order chi connectivity index (χ0) is 19.3. The average molecular weight is 389 g/mol. The predicted molar refractivity (Wildman–Crippen MR) is 106 cm³/mol. The van der Waals surface area contributed by atoms with Crippen LogP contribution >= 0.6 is 0 Å². The van der Waals surface area contributed by atoms with E-state index in [1.54, 1.807) is 11.7 Å². The molecule has 0 saturated carbocycles. The van der Waals surface area contributed by atoms with E-state index in [4.69, 9.17) is 4.74 Å². The number of sulfonamides is 1. The number of aryl methyl sites for hydroxylation is 2. The van der Waals surface area contributed by atoms with Crippen LogP contribution in [0.15, 0.2) is 53.3 Å². The van der Waals surface area contributed by atoms with E-state index in [1.807, 2.05) is 48.5 Å². The third kappa shape index (κ3) is 4.99. The molecule has 0 bridgehead atoms. The molecule has 27 heavy (non-hydrogen) atoms. The maximum Gasteiger partial charge on any atom is 0.326 e. The number of ether oxygens (including phenoxy) is 1. The van der Waals surface area contributed by atoms with Gasteiger partial charge in [0.15, 0.2) is 0 Å². The van der Waals surface area contributed by atoms with E-state index < -0.39 is 10.0 Å². The summed E-state index contributed by atoms with van der Waals surface area (Å²) < 4.78 is 33.7. The van der Waals surface area contributed by atoms with Crippen molar-refractivity contribution in [2.24, 2.45) is 0 Å². The summed E-state index contributed by atoms with van der Waals surface area (Å²) in [6, 6.07) is 14.8. The Morgan fingerprint density at radius 2 is 1.96 bits per heavy atom. The van der Waals surface area contributed by atoms with Gasteiger partial charge in [-0.05, 0) is 42.7 Å². The van der Waals surface area contributed by atoms with Gasteiger partial charge in [-0.25, -0.2) is 17.9 Å². The zero-order valence-corrected chi connectivity index (χ0v) is 16.0. The number of hydrogen-bond acceptors (Lipinski definition) is 4. The molecule has 0 amide bonds. The fourth-order valence-corrected chi connectivity index (χ4v) is 4.05. The summed E-state index contributed by atoms with van der Waals surface area (Å²) in [4.78, 5) is 14.8. The first kappa shape index (κ1) is 19.2. The molecule has 0 radical (unpaired) electrons. The van der Waals surface area contributed by atoms with Gasteiger partial charge in [-0.3, -0.25) is 4.57 Å². The van der Waals surface area contributed by atoms with Crippen LogP contribution in [0.4, 0.5) is 0 Å². The molecular formula is C19H23N3O4S. The smallest absolute Gasteiger partial charge is 0.326 e. The highest BCUT2D eigenvalue weighted by Gasteiger charge is 2.11. The van der Waals surface area contributed by atoms with E-state index in [-0.39, 0.29) is 18.0 Å². The maximum atomic E-state index is 12.2. The molecule has 2 aromatic carbocycles. The molecule has 1 heterocycles. The van der Waals surface area contributed by atoms with Gasteiger partial charge in [0.1, 0.15) is 5.75 Å². The van der Waals surface area contributed by atoms with Gasteiger partial charge in [0.05, 0.1) is 23.9 Å². The molecule has 3 aromatic rings. The second kappa shape index (κ2) is 8.41. The van der Waals surface area contributed by atoms with E-state index in [1.165, 1.54) is 0 Å². The van der Waals surface area contributed by atoms with Crippen molar-refractivity contribution < 1.29 is 13.2 Å². The molecule has 8 heteroatoms. The van der Waals surface area contributed by atoms with Crippen molar-refractivity contribution in [2.75, 3.05) is 19.4 Å². The minimum absolute atomic E-state index is 0.00714. The monoisotopic (exact) mass is 389 g/mol. The second-order valence-corrected chi connectivity index (χ2v) is 8.19. The molecule has 0 unspecified atom stereocenters. The third-order valence-electron chi connectivity index (χ3n) is 4.36. The number of H-pyrrole nitrogens is 1. The standard InChI is InChI=1S/C19H23N3O4S/c1-26-16-7-4-6-15(14-16)10-13-27(24,25)20-11-5-12-22-18-9-3-2-8-17(18)21-19(22)23/h2-4,6-9,14,20H,5,10-13H2,1H3,(H,21,23). The Morgan fingerprint density at radius 1 is 1.15 bits per heavy atom. The van der Waals surface area contributed by atoms with Gasteiger partial charge < -0.3 is 9.72 Å². The molecule has 7 nitrogen and oxygen atoms in total. The van der Waals surface area contributed by atoms with Gasteiger partial charge in [0.2, 0.25) is 10.0 Å². The number of para-hydroxylation sites is 2. The van der Waals surface area contributed by atoms with Crippen LogP contribution in [0.25, 0.3) is 11.0 Å². The summed E-state index contributed by atoms with van der Waals surface area (Å²) in [5.74, 6) is 0.717. The van der Waals surface area contributed by atoms with Crippen LogP contribution in [0.1, 0.15) is 12.0 Å². The van der Waals surface area contributed by atoms with Crippen molar-refractivity contribution in [3.8, 4) is 5.75 Å². The van der Waals surface area contributed by atoms with E-state index in [0.29, 0.717) is 25.1 Å². The molecule has 0 aliphatic carbocycles. The Balaban J connectivity index is 1.50. The van der Waals surface area contributed by atoms with Crippen LogP contribution in [0, 0.1) is 0 Å². The van der Waals surface area contributed by atoms with E-state index in [0.717, 1.165) is 16.6 Å². The van der Waals surface area contributed by atoms with Crippen LogP contribution in [0.5, 0.6) is 5.75 Å². The first-order valence-electron chi connectivity index (χ1n) is 8.76. The first-order chi connectivity index (χ1) is 13.0. The molecule has 0 spiro atoms. The highest BCUT2D eigenvalue weighted by atomic mass is 32.2. The molecule has 3 rings (SSSR count). The lowest BCUT2D eigenvalue weighted by molar-refractivity contribution is 0.414. The molecule has 0 aliphatic rings. The summed E-state index contributed by atoms with van der Waals surface area (Å²) in [5.41, 5.74) is 2.33. The van der Waals surface area contributed by atoms with E-state index in [9.17, 15) is 13.2 Å². The van der Waals surface area contributed by atoms with Crippen molar-refractivity contribution in [3.63, 3.8) is 0 Å². The fraction of sp³-hybridized carbons (Fsp3) is 0.316. The summed E-state index contributed by atoms with van der Waals surface area (Å²) >= 11 is 0. The van der Waals surface area contributed by atoms with Crippen LogP contribution in [-0.4, -0.2) is 37.4 Å². The normalized spacial score (nSPS) is 11.7. The number of nitrogens with zero attached hydrogens (tertiary/aromatic N) is 1. The van der Waals surface area contributed by atoms with Crippen molar-refractivity contribution >= 4 is 21.1 Å². The SMILES string of the molecule is COc1cccc(CCS(=O)(=O)NCCCn2c(=O)[nH]c3ccccc32)c1. The van der Waals surface area contributed by atoms with Crippen LogP contribution in [0.3, 0.4) is 0 Å². The van der Waals surface area contributed by atoms with Crippen molar-refractivity contribution in [2.45, 2.75) is 19.4 Å². The second-order valence-electron chi connectivity index (χ2n) is 6.27. The molecule has 0 atom stereocenters. The lowest BCUT2D eigenvalue weighted by Gasteiger charge is -2.08. The van der Waals surface area contributed by atoms with E-state index >= 15 is 0 Å². The van der Waals surface area contributed by atoms with Gasteiger partial charge in [0, 0.05) is 13.1 Å². The summed E-state index contributed by atoms with van der Waals surface area (Å²) in [6.07, 6.45) is 0.939. The third-order valence-corrected chi connectivity index (χ3v) is 5.74. The number of fused-ring (bicyclic) bond motifs is 1. The first-order valence-corrected chi connectivity index (χ1v) is 10.4. The highest BCUT2D eigenvalue weighted by Crippen LogP contribution is 2.13. The van der Waals surface area contributed by atoms with Crippen LogP contribution < -0.4 is 15.1 Å². The van der Waals surface area contributed by atoms with Crippen LogP contribution in [-0.2, 0) is 23.0 Å². The lowest BCUT2D eigenvalue weighted by atomic mass is 10.2. The molecule has 2 N–H and O–H groups in total. The number of hydrogen-bond donors (Lipinski definition) is 2.